The van der Waals surface area contributed by atoms with E-state index in [0.29, 0.717) is 20.6 Å². The first-order valence-electron chi connectivity index (χ1n) is 6.78. The molecule has 0 aliphatic rings. The van der Waals surface area contributed by atoms with Crippen molar-refractivity contribution in [1.29, 1.82) is 0 Å². The van der Waals surface area contributed by atoms with E-state index in [1.165, 1.54) is 24.3 Å². The number of halogens is 2. The Morgan fingerprint density at radius 1 is 1.00 bits per heavy atom. The summed E-state index contributed by atoms with van der Waals surface area (Å²) in [6, 6.07) is 10.9. The average molecular weight is 398 g/mol. The third-order valence-corrected chi connectivity index (χ3v) is 3.93. The van der Waals surface area contributed by atoms with Gasteiger partial charge >= 0.3 is 0 Å². The zero-order chi connectivity index (χ0) is 16.8. The summed E-state index contributed by atoms with van der Waals surface area (Å²) in [5.74, 6) is -0.456. The van der Waals surface area contributed by atoms with Gasteiger partial charge in [-0.3, -0.25) is 9.59 Å². The fourth-order valence-corrected chi connectivity index (χ4v) is 2.43. The standard InChI is InChI=1S/C16H14BrClN2O3/c17-14-6-3-11(18)9-13(14)16(23)20-8-7-19-15(22)10-1-4-12(21)5-2-10/h1-6,9,21H,7-8H2,(H,19,22)(H,20,23). The largest absolute Gasteiger partial charge is 0.508 e. The van der Waals surface area contributed by atoms with Crippen molar-refractivity contribution in [1.82, 2.24) is 10.6 Å². The Morgan fingerprint density at radius 3 is 2.26 bits per heavy atom. The smallest absolute Gasteiger partial charge is 0.252 e. The number of carbonyl (C=O) groups excluding carboxylic acids is 2. The molecular weight excluding hydrogens is 384 g/mol. The van der Waals surface area contributed by atoms with Gasteiger partial charge in [-0.1, -0.05) is 11.6 Å². The van der Waals surface area contributed by atoms with Crippen molar-refractivity contribution < 1.29 is 14.7 Å². The lowest BCUT2D eigenvalue weighted by Crippen LogP contribution is -2.34. The summed E-state index contributed by atoms with van der Waals surface area (Å²) in [5, 5.41) is 15.0. The van der Waals surface area contributed by atoms with Crippen LogP contribution < -0.4 is 10.6 Å². The van der Waals surface area contributed by atoms with Crippen LogP contribution in [-0.4, -0.2) is 30.0 Å². The van der Waals surface area contributed by atoms with Crippen molar-refractivity contribution in [2.24, 2.45) is 0 Å². The first-order valence-corrected chi connectivity index (χ1v) is 7.95. The predicted octanol–water partition coefficient (Wildman–Crippen LogP) is 2.97. The van der Waals surface area contributed by atoms with Crippen LogP contribution in [0.4, 0.5) is 0 Å². The van der Waals surface area contributed by atoms with Crippen molar-refractivity contribution in [2.75, 3.05) is 13.1 Å². The van der Waals surface area contributed by atoms with Crippen LogP contribution in [-0.2, 0) is 0 Å². The SMILES string of the molecule is O=C(NCCNC(=O)c1cc(Cl)ccc1Br)c1ccc(O)cc1. The van der Waals surface area contributed by atoms with Crippen LogP contribution in [0, 0.1) is 0 Å². The Morgan fingerprint density at radius 2 is 1.61 bits per heavy atom. The lowest BCUT2D eigenvalue weighted by atomic mass is 10.2. The number of aromatic hydroxyl groups is 1. The third kappa shape index (κ3) is 4.97. The molecule has 5 nitrogen and oxygen atoms in total. The normalized spacial score (nSPS) is 10.2. The van der Waals surface area contributed by atoms with E-state index in [1.807, 2.05) is 0 Å². The quantitative estimate of drug-likeness (QED) is 0.679. The van der Waals surface area contributed by atoms with Crippen LogP contribution in [0.2, 0.25) is 5.02 Å². The maximum absolute atomic E-state index is 12.0. The number of benzene rings is 2. The fourth-order valence-electron chi connectivity index (χ4n) is 1.83. The van der Waals surface area contributed by atoms with Gasteiger partial charge in [0.05, 0.1) is 5.56 Å². The summed E-state index contributed by atoms with van der Waals surface area (Å²) in [5.41, 5.74) is 0.870. The molecule has 0 bridgehead atoms. The number of phenols is 1. The number of amides is 2. The van der Waals surface area contributed by atoms with E-state index in [0.717, 1.165) is 0 Å². The van der Waals surface area contributed by atoms with Gasteiger partial charge in [-0.25, -0.2) is 0 Å². The molecule has 0 aromatic heterocycles. The number of hydrogen-bond donors (Lipinski definition) is 3. The average Bonchev–Trinajstić information content (AvgIpc) is 2.54. The molecular formula is C16H14BrClN2O3. The van der Waals surface area contributed by atoms with Gasteiger partial charge in [-0.05, 0) is 58.4 Å². The molecule has 23 heavy (non-hydrogen) atoms. The highest BCUT2D eigenvalue weighted by Gasteiger charge is 2.10. The zero-order valence-corrected chi connectivity index (χ0v) is 14.3. The van der Waals surface area contributed by atoms with Crippen molar-refractivity contribution in [3.63, 3.8) is 0 Å². The van der Waals surface area contributed by atoms with E-state index in [2.05, 4.69) is 26.6 Å². The summed E-state index contributed by atoms with van der Waals surface area (Å²) in [6.45, 7) is 0.561. The van der Waals surface area contributed by atoms with Crippen LogP contribution in [0.5, 0.6) is 5.75 Å². The van der Waals surface area contributed by atoms with Crippen LogP contribution in [0.1, 0.15) is 20.7 Å². The van der Waals surface area contributed by atoms with Crippen LogP contribution >= 0.6 is 27.5 Å². The molecule has 2 aromatic carbocycles. The first-order chi connectivity index (χ1) is 11.0. The van der Waals surface area contributed by atoms with Crippen LogP contribution in [0.3, 0.4) is 0 Å². The van der Waals surface area contributed by atoms with Gasteiger partial charge in [-0.15, -0.1) is 0 Å². The molecule has 0 atom stereocenters. The minimum absolute atomic E-state index is 0.0981. The lowest BCUT2D eigenvalue weighted by Gasteiger charge is -2.09. The molecule has 0 saturated heterocycles. The highest BCUT2D eigenvalue weighted by atomic mass is 79.9. The van der Waals surface area contributed by atoms with E-state index in [4.69, 9.17) is 11.6 Å². The Hall–Kier alpha value is -2.05. The zero-order valence-electron chi connectivity index (χ0n) is 12.0. The van der Waals surface area contributed by atoms with E-state index < -0.39 is 0 Å². The molecule has 0 radical (unpaired) electrons. The minimum Gasteiger partial charge on any atom is -0.508 e. The van der Waals surface area contributed by atoms with Gasteiger partial charge in [0.1, 0.15) is 5.75 Å². The molecule has 3 N–H and O–H groups in total. The Labute approximate surface area is 146 Å². The molecule has 7 heteroatoms. The summed E-state index contributed by atoms with van der Waals surface area (Å²) < 4.78 is 0.646. The number of nitrogens with one attached hydrogen (secondary N) is 2. The lowest BCUT2D eigenvalue weighted by molar-refractivity contribution is 0.0927. The van der Waals surface area contributed by atoms with Crippen molar-refractivity contribution in [3.05, 3.63) is 63.1 Å². The fraction of sp³-hybridized carbons (Fsp3) is 0.125. The Kier molecular flexibility index (Phi) is 6.01. The molecule has 0 aliphatic heterocycles. The van der Waals surface area contributed by atoms with Gasteiger partial charge in [0.25, 0.3) is 11.8 Å². The van der Waals surface area contributed by atoms with E-state index in [1.54, 1.807) is 18.2 Å². The maximum atomic E-state index is 12.0. The van der Waals surface area contributed by atoms with Crippen LogP contribution in [0.25, 0.3) is 0 Å². The molecule has 0 spiro atoms. The van der Waals surface area contributed by atoms with Crippen molar-refractivity contribution >= 4 is 39.3 Å². The summed E-state index contributed by atoms with van der Waals surface area (Å²) in [6.07, 6.45) is 0. The van der Waals surface area contributed by atoms with Gasteiger partial charge in [0, 0.05) is 28.1 Å². The van der Waals surface area contributed by atoms with E-state index in [-0.39, 0.29) is 30.7 Å². The molecule has 120 valence electrons. The second kappa shape index (κ2) is 7.99. The Bertz CT molecular complexity index is 720. The summed E-state index contributed by atoms with van der Waals surface area (Å²) in [7, 11) is 0. The maximum Gasteiger partial charge on any atom is 0.252 e. The number of rotatable bonds is 5. The van der Waals surface area contributed by atoms with Gasteiger partial charge in [0.15, 0.2) is 0 Å². The molecule has 0 saturated carbocycles. The molecule has 2 rings (SSSR count). The molecule has 2 aromatic rings. The topological polar surface area (TPSA) is 78.4 Å². The molecule has 0 heterocycles. The molecule has 2 amide bonds. The van der Waals surface area contributed by atoms with Crippen molar-refractivity contribution in [2.45, 2.75) is 0 Å². The van der Waals surface area contributed by atoms with Crippen LogP contribution in [0.15, 0.2) is 46.9 Å². The number of phenolic OH excluding ortho intramolecular Hbond substituents is 1. The van der Waals surface area contributed by atoms with Gasteiger partial charge in [0.2, 0.25) is 0 Å². The molecule has 0 unspecified atom stereocenters. The van der Waals surface area contributed by atoms with Gasteiger partial charge in [-0.2, -0.15) is 0 Å². The monoisotopic (exact) mass is 396 g/mol. The molecule has 0 aliphatic carbocycles. The minimum atomic E-state index is -0.279. The summed E-state index contributed by atoms with van der Waals surface area (Å²) >= 11 is 9.16. The summed E-state index contributed by atoms with van der Waals surface area (Å²) in [4.78, 5) is 23.9. The second-order valence-electron chi connectivity index (χ2n) is 4.68. The molecule has 0 fully saturated rings. The van der Waals surface area contributed by atoms with E-state index in [9.17, 15) is 14.7 Å². The first kappa shape index (κ1) is 17.3. The third-order valence-electron chi connectivity index (χ3n) is 3.00. The number of carbonyl (C=O) groups is 2. The van der Waals surface area contributed by atoms with E-state index >= 15 is 0 Å². The highest BCUT2D eigenvalue weighted by molar-refractivity contribution is 9.10. The predicted molar refractivity (Wildman–Crippen MR) is 91.9 cm³/mol. The Balaban J connectivity index is 1.81. The van der Waals surface area contributed by atoms with Gasteiger partial charge < -0.3 is 15.7 Å². The second-order valence-corrected chi connectivity index (χ2v) is 5.97. The highest BCUT2D eigenvalue weighted by Crippen LogP contribution is 2.20. The number of hydrogen-bond acceptors (Lipinski definition) is 3. The van der Waals surface area contributed by atoms with Crippen molar-refractivity contribution in [3.8, 4) is 5.75 Å².